The molecule has 150 valence electrons. The second-order valence-corrected chi connectivity index (χ2v) is 6.42. The lowest BCUT2D eigenvalue weighted by Crippen LogP contribution is -2.08. The topological polar surface area (TPSA) is 73.6 Å². The summed E-state index contributed by atoms with van der Waals surface area (Å²) in [5, 5.41) is 9.69. The largest absolute Gasteiger partial charge is 0.501 e. The van der Waals surface area contributed by atoms with Gasteiger partial charge in [-0.15, -0.1) is 0 Å². The maximum Gasteiger partial charge on any atom is 0.356 e. The summed E-state index contributed by atoms with van der Waals surface area (Å²) < 4.78 is 12.5. The summed E-state index contributed by atoms with van der Waals surface area (Å²) in [6, 6.07) is 17.6. The van der Waals surface area contributed by atoms with Crippen LogP contribution in [0.3, 0.4) is 0 Å². The van der Waals surface area contributed by atoms with Crippen LogP contribution in [0.15, 0.2) is 60.9 Å². The van der Waals surface area contributed by atoms with Gasteiger partial charge in [0, 0.05) is 13.0 Å². The maximum absolute atomic E-state index is 11.8. The molecule has 0 spiro atoms. The number of aromatic carboxylic acids is 1. The molecule has 29 heavy (non-hydrogen) atoms. The molecule has 0 aliphatic heterocycles. The number of carbonyl (C=O) groups is 1. The van der Waals surface area contributed by atoms with Crippen LogP contribution in [0.2, 0.25) is 0 Å². The second kappa shape index (κ2) is 9.59. The van der Waals surface area contributed by atoms with Gasteiger partial charge >= 0.3 is 5.97 Å². The molecule has 6 heteroatoms. The van der Waals surface area contributed by atoms with Gasteiger partial charge in [0.15, 0.2) is 5.69 Å². The standard InChI is InChI=1S/C23H24N2O4/c1-3-29-14-13-20-22(23(26)27)24-21(15-17-7-5-4-6-8-17)25(20)16-18-9-11-19(28-2)12-10-18/h4-14H,3,15-16H2,1-2H3,(H,26,27). The third kappa shape index (κ3) is 5.04. The SMILES string of the molecule is CCOC=Cc1c(C(=O)O)nc(Cc2ccccc2)n1Cc1ccc(OC)cc1. The van der Waals surface area contributed by atoms with E-state index in [0.29, 0.717) is 31.1 Å². The van der Waals surface area contributed by atoms with Crippen molar-refractivity contribution in [2.45, 2.75) is 19.9 Å². The van der Waals surface area contributed by atoms with Crippen molar-refractivity contribution in [3.05, 3.63) is 89.2 Å². The zero-order chi connectivity index (χ0) is 20.6. The summed E-state index contributed by atoms with van der Waals surface area (Å²) in [4.78, 5) is 16.3. The Hall–Kier alpha value is -3.54. The van der Waals surface area contributed by atoms with Crippen LogP contribution in [0.1, 0.15) is 40.1 Å². The lowest BCUT2D eigenvalue weighted by atomic mass is 10.1. The van der Waals surface area contributed by atoms with Crippen LogP contribution in [0.4, 0.5) is 0 Å². The summed E-state index contributed by atoms with van der Waals surface area (Å²) in [5.41, 5.74) is 2.60. The Morgan fingerprint density at radius 1 is 1.10 bits per heavy atom. The number of aromatic nitrogens is 2. The highest BCUT2D eigenvalue weighted by Gasteiger charge is 2.21. The van der Waals surface area contributed by atoms with Gasteiger partial charge in [-0.1, -0.05) is 42.5 Å². The summed E-state index contributed by atoms with van der Waals surface area (Å²) in [6.45, 7) is 2.86. The molecular weight excluding hydrogens is 368 g/mol. The first-order valence-electron chi connectivity index (χ1n) is 9.40. The molecule has 0 bridgehead atoms. The van der Waals surface area contributed by atoms with Gasteiger partial charge in [-0.05, 0) is 36.3 Å². The van der Waals surface area contributed by atoms with Gasteiger partial charge in [-0.2, -0.15) is 0 Å². The van der Waals surface area contributed by atoms with E-state index in [1.807, 2.05) is 66.1 Å². The molecule has 3 aromatic rings. The summed E-state index contributed by atoms with van der Waals surface area (Å²) in [6.07, 6.45) is 3.71. The van der Waals surface area contributed by atoms with Crippen molar-refractivity contribution in [3.8, 4) is 5.75 Å². The number of carboxylic acid groups (broad SMARTS) is 1. The van der Waals surface area contributed by atoms with E-state index in [1.165, 1.54) is 6.26 Å². The van der Waals surface area contributed by atoms with Gasteiger partial charge < -0.3 is 19.1 Å². The molecule has 0 aliphatic rings. The minimum Gasteiger partial charge on any atom is -0.501 e. The Bertz CT molecular complexity index is 976. The zero-order valence-electron chi connectivity index (χ0n) is 16.5. The maximum atomic E-state index is 11.8. The summed E-state index contributed by atoms with van der Waals surface area (Å²) >= 11 is 0. The number of imidazole rings is 1. The van der Waals surface area contributed by atoms with Crippen molar-refractivity contribution in [2.24, 2.45) is 0 Å². The Balaban J connectivity index is 2.05. The molecule has 1 aromatic heterocycles. The quantitative estimate of drug-likeness (QED) is 0.552. The number of ether oxygens (including phenoxy) is 2. The normalized spacial score (nSPS) is 11.0. The van der Waals surface area contributed by atoms with Crippen LogP contribution in [0, 0.1) is 0 Å². The Kier molecular flexibility index (Phi) is 6.68. The molecule has 0 saturated heterocycles. The Morgan fingerprint density at radius 3 is 2.45 bits per heavy atom. The summed E-state index contributed by atoms with van der Waals surface area (Å²) in [5.74, 6) is 0.385. The lowest BCUT2D eigenvalue weighted by molar-refractivity contribution is 0.0690. The van der Waals surface area contributed by atoms with E-state index in [4.69, 9.17) is 9.47 Å². The van der Waals surface area contributed by atoms with Gasteiger partial charge in [0.1, 0.15) is 11.6 Å². The van der Waals surface area contributed by atoms with Crippen LogP contribution in [0.5, 0.6) is 5.75 Å². The molecule has 0 unspecified atom stereocenters. The molecule has 1 heterocycles. The predicted octanol–water partition coefficient (Wildman–Crippen LogP) is 4.24. The van der Waals surface area contributed by atoms with Gasteiger partial charge in [0.25, 0.3) is 0 Å². The lowest BCUT2D eigenvalue weighted by Gasteiger charge is -2.12. The van der Waals surface area contributed by atoms with Crippen LogP contribution in [0.25, 0.3) is 6.08 Å². The number of rotatable bonds is 9. The Morgan fingerprint density at radius 2 is 1.83 bits per heavy atom. The zero-order valence-corrected chi connectivity index (χ0v) is 16.5. The molecule has 3 rings (SSSR count). The molecule has 0 radical (unpaired) electrons. The van der Waals surface area contributed by atoms with E-state index in [0.717, 1.165) is 16.9 Å². The molecule has 0 saturated carbocycles. The van der Waals surface area contributed by atoms with Crippen molar-refractivity contribution < 1.29 is 19.4 Å². The number of hydrogen-bond donors (Lipinski definition) is 1. The molecular formula is C23H24N2O4. The van der Waals surface area contributed by atoms with E-state index < -0.39 is 5.97 Å². The van der Waals surface area contributed by atoms with Crippen molar-refractivity contribution in [1.82, 2.24) is 9.55 Å². The van der Waals surface area contributed by atoms with Crippen molar-refractivity contribution in [1.29, 1.82) is 0 Å². The van der Waals surface area contributed by atoms with Crippen LogP contribution >= 0.6 is 0 Å². The minimum atomic E-state index is -1.07. The fourth-order valence-electron chi connectivity index (χ4n) is 3.05. The minimum absolute atomic E-state index is 0.0143. The van der Waals surface area contributed by atoms with Crippen LogP contribution < -0.4 is 4.74 Å². The third-order valence-electron chi connectivity index (χ3n) is 4.48. The number of nitrogens with zero attached hydrogens (tertiary/aromatic N) is 2. The van der Waals surface area contributed by atoms with Gasteiger partial charge in [0.05, 0.1) is 25.7 Å². The molecule has 0 aliphatic carbocycles. The molecule has 0 amide bonds. The van der Waals surface area contributed by atoms with E-state index in [1.54, 1.807) is 13.2 Å². The first kappa shape index (κ1) is 20.2. The van der Waals surface area contributed by atoms with Crippen LogP contribution in [-0.2, 0) is 17.7 Å². The highest BCUT2D eigenvalue weighted by atomic mass is 16.5. The number of benzene rings is 2. The number of hydrogen-bond acceptors (Lipinski definition) is 4. The van der Waals surface area contributed by atoms with Gasteiger partial charge in [-0.3, -0.25) is 0 Å². The summed E-state index contributed by atoms with van der Waals surface area (Å²) in [7, 11) is 1.62. The second-order valence-electron chi connectivity index (χ2n) is 6.42. The van der Waals surface area contributed by atoms with Crippen molar-refractivity contribution >= 4 is 12.0 Å². The van der Waals surface area contributed by atoms with Gasteiger partial charge in [0.2, 0.25) is 0 Å². The molecule has 0 atom stereocenters. The number of carboxylic acids is 1. The molecule has 2 aromatic carbocycles. The molecule has 0 fully saturated rings. The monoisotopic (exact) mass is 392 g/mol. The smallest absolute Gasteiger partial charge is 0.356 e. The van der Waals surface area contributed by atoms with E-state index in [9.17, 15) is 9.90 Å². The van der Waals surface area contributed by atoms with Crippen molar-refractivity contribution in [2.75, 3.05) is 13.7 Å². The highest BCUT2D eigenvalue weighted by molar-refractivity contribution is 5.89. The van der Waals surface area contributed by atoms with Crippen molar-refractivity contribution in [3.63, 3.8) is 0 Å². The van der Waals surface area contributed by atoms with E-state index in [-0.39, 0.29) is 5.69 Å². The average Bonchev–Trinajstić information content (AvgIpc) is 3.07. The fraction of sp³-hybridized carbons (Fsp3) is 0.217. The first-order chi connectivity index (χ1) is 14.1. The third-order valence-corrected chi connectivity index (χ3v) is 4.48. The van der Waals surface area contributed by atoms with E-state index >= 15 is 0 Å². The van der Waals surface area contributed by atoms with E-state index in [2.05, 4.69) is 4.98 Å². The average molecular weight is 392 g/mol. The molecule has 6 nitrogen and oxygen atoms in total. The number of methoxy groups -OCH3 is 1. The molecule has 1 N–H and O–H groups in total. The van der Waals surface area contributed by atoms with Gasteiger partial charge in [-0.25, -0.2) is 9.78 Å². The Labute approximate surface area is 170 Å². The first-order valence-corrected chi connectivity index (χ1v) is 9.40. The fourth-order valence-corrected chi connectivity index (χ4v) is 3.05. The van der Waals surface area contributed by atoms with Crippen LogP contribution in [-0.4, -0.2) is 34.3 Å². The highest BCUT2D eigenvalue weighted by Crippen LogP contribution is 2.21. The predicted molar refractivity (Wildman–Crippen MR) is 111 cm³/mol.